The smallest absolute Gasteiger partial charge is 0.417 e. The summed E-state index contributed by atoms with van der Waals surface area (Å²) >= 11 is 0. The van der Waals surface area contributed by atoms with Crippen LogP contribution in [0.5, 0.6) is 0 Å². The van der Waals surface area contributed by atoms with E-state index in [1.165, 1.54) is 35.2 Å². The fraction of sp³-hybridized carbons (Fsp3) is 0.304. The first-order valence-electron chi connectivity index (χ1n) is 10.1. The Morgan fingerprint density at radius 3 is 2.42 bits per heavy atom. The third-order valence-corrected chi connectivity index (χ3v) is 5.78. The van der Waals surface area contributed by atoms with Crippen LogP contribution in [0.2, 0.25) is 0 Å². The lowest BCUT2D eigenvalue weighted by molar-refractivity contribution is -0.137. The van der Waals surface area contributed by atoms with E-state index in [1.54, 1.807) is 12.1 Å². The second-order valence-electron chi connectivity index (χ2n) is 7.77. The van der Waals surface area contributed by atoms with Crippen molar-refractivity contribution < 1.29 is 23.1 Å². The highest BCUT2D eigenvalue weighted by Gasteiger charge is 2.33. The van der Waals surface area contributed by atoms with Gasteiger partial charge in [0.25, 0.3) is 5.56 Å². The van der Waals surface area contributed by atoms with E-state index in [1.807, 2.05) is 0 Å². The minimum Gasteiger partial charge on any atom is -0.465 e. The molecule has 1 aliphatic carbocycles. The molecular weight excluding hydrogens is 409 g/mol. The molecule has 5 nitrogen and oxygen atoms in total. The molecule has 4 rings (SSSR count). The van der Waals surface area contributed by atoms with Crippen molar-refractivity contribution in [3.05, 3.63) is 64.4 Å². The molecule has 0 bridgehead atoms. The van der Waals surface area contributed by atoms with Gasteiger partial charge in [-0.15, -0.1) is 0 Å². The van der Waals surface area contributed by atoms with Crippen LogP contribution in [-0.2, 0) is 6.18 Å². The van der Waals surface area contributed by atoms with E-state index < -0.39 is 23.4 Å². The van der Waals surface area contributed by atoms with Crippen LogP contribution < -0.4 is 10.5 Å². The van der Waals surface area contributed by atoms with E-state index in [2.05, 4.69) is 4.98 Å². The van der Waals surface area contributed by atoms with Gasteiger partial charge in [0, 0.05) is 28.4 Å². The van der Waals surface area contributed by atoms with Crippen LogP contribution in [0.4, 0.5) is 23.7 Å². The summed E-state index contributed by atoms with van der Waals surface area (Å²) in [7, 11) is 0. The van der Waals surface area contributed by atoms with Gasteiger partial charge in [0.15, 0.2) is 0 Å². The van der Waals surface area contributed by atoms with Gasteiger partial charge in [-0.2, -0.15) is 13.2 Å². The molecule has 1 aliphatic rings. The highest BCUT2D eigenvalue weighted by atomic mass is 19.4. The third-order valence-electron chi connectivity index (χ3n) is 5.78. The Balaban J connectivity index is 1.79. The zero-order valence-corrected chi connectivity index (χ0v) is 16.6. The number of fused-ring (bicyclic) bond motifs is 1. The van der Waals surface area contributed by atoms with Gasteiger partial charge in [-0.25, -0.2) is 4.79 Å². The van der Waals surface area contributed by atoms with Gasteiger partial charge in [0.2, 0.25) is 0 Å². The van der Waals surface area contributed by atoms with E-state index in [9.17, 15) is 27.9 Å². The zero-order chi connectivity index (χ0) is 22.2. The molecule has 1 amide bonds. The standard InChI is InChI=1S/C23H21F3N2O3/c24-23(25,26)19-9-5-4-8-17(19)20-12-14-10-11-16(13-18(14)21(29)27-20)28(22(30)31)15-6-2-1-3-7-15/h4-5,8-13,15H,1-3,6-7H2,(H,27,29)(H,30,31). The third kappa shape index (κ3) is 4.15. The van der Waals surface area contributed by atoms with Gasteiger partial charge in [-0.05, 0) is 42.5 Å². The number of rotatable bonds is 3. The van der Waals surface area contributed by atoms with Crippen molar-refractivity contribution in [2.75, 3.05) is 4.90 Å². The van der Waals surface area contributed by atoms with Crippen LogP contribution in [0.3, 0.4) is 0 Å². The lowest BCUT2D eigenvalue weighted by Crippen LogP contribution is -2.40. The molecule has 1 fully saturated rings. The van der Waals surface area contributed by atoms with Crippen LogP contribution in [0.25, 0.3) is 22.0 Å². The number of pyridine rings is 1. The Labute approximate surface area is 176 Å². The Hall–Kier alpha value is -3.29. The Bertz CT molecular complexity index is 1180. The predicted octanol–water partition coefficient (Wildman–Crippen LogP) is 6.03. The largest absolute Gasteiger partial charge is 0.465 e. The molecule has 3 aromatic rings. The molecule has 1 saturated carbocycles. The minimum absolute atomic E-state index is 0.0561. The molecule has 1 aromatic heterocycles. The highest BCUT2D eigenvalue weighted by Crippen LogP contribution is 2.37. The number of amides is 1. The van der Waals surface area contributed by atoms with Gasteiger partial charge in [0.1, 0.15) is 0 Å². The molecule has 31 heavy (non-hydrogen) atoms. The minimum atomic E-state index is -4.56. The molecule has 2 aromatic carbocycles. The lowest BCUT2D eigenvalue weighted by Gasteiger charge is -2.32. The van der Waals surface area contributed by atoms with Crippen LogP contribution in [-0.4, -0.2) is 22.2 Å². The maximum atomic E-state index is 13.4. The molecule has 0 aliphatic heterocycles. The summed E-state index contributed by atoms with van der Waals surface area (Å²) in [6.45, 7) is 0. The van der Waals surface area contributed by atoms with Crippen molar-refractivity contribution in [1.82, 2.24) is 4.98 Å². The van der Waals surface area contributed by atoms with E-state index in [0.29, 0.717) is 11.1 Å². The summed E-state index contributed by atoms with van der Waals surface area (Å²) in [5.74, 6) is 0. The monoisotopic (exact) mass is 430 g/mol. The number of halogens is 3. The number of carbonyl (C=O) groups is 1. The number of aromatic nitrogens is 1. The maximum Gasteiger partial charge on any atom is 0.417 e. The molecule has 0 spiro atoms. The van der Waals surface area contributed by atoms with E-state index in [-0.39, 0.29) is 22.7 Å². The molecule has 8 heteroatoms. The molecule has 162 valence electrons. The van der Waals surface area contributed by atoms with Crippen molar-refractivity contribution in [2.45, 2.75) is 44.3 Å². The molecule has 2 N–H and O–H groups in total. The second kappa shape index (κ2) is 8.09. The average Bonchev–Trinajstić information content (AvgIpc) is 2.74. The quantitative estimate of drug-likeness (QED) is 0.533. The van der Waals surface area contributed by atoms with Gasteiger partial charge < -0.3 is 10.1 Å². The summed E-state index contributed by atoms with van der Waals surface area (Å²) in [5.41, 5.74) is -1.08. The highest BCUT2D eigenvalue weighted by molar-refractivity contribution is 5.93. The number of anilines is 1. The topological polar surface area (TPSA) is 73.4 Å². The summed E-state index contributed by atoms with van der Waals surface area (Å²) < 4.78 is 40.2. The molecule has 1 heterocycles. The number of carboxylic acid groups (broad SMARTS) is 1. The van der Waals surface area contributed by atoms with Gasteiger partial charge in [0.05, 0.1) is 5.56 Å². The van der Waals surface area contributed by atoms with Crippen molar-refractivity contribution >= 4 is 22.6 Å². The summed E-state index contributed by atoms with van der Waals surface area (Å²) in [4.78, 5) is 28.5. The Morgan fingerprint density at radius 2 is 1.74 bits per heavy atom. The van der Waals surface area contributed by atoms with Crippen molar-refractivity contribution in [1.29, 1.82) is 0 Å². The zero-order valence-electron chi connectivity index (χ0n) is 16.6. The molecule has 0 atom stereocenters. The maximum absolute atomic E-state index is 13.4. The number of hydrogen-bond donors (Lipinski definition) is 2. The van der Waals surface area contributed by atoms with Crippen LogP contribution >= 0.6 is 0 Å². The van der Waals surface area contributed by atoms with Crippen LogP contribution in [0.15, 0.2) is 53.3 Å². The first-order valence-corrected chi connectivity index (χ1v) is 10.1. The van der Waals surface area contributed by atoms with E-state index >= 15 is 0 Å². The summed E-state index contributed by atoms with van der Waals surface area (Å²) in [6.07, 6.45) is -1.16. The fourth-order valence-electron chi connectivity index (χ4n) is 4.32. The first-order chi connectivity index (χ1) is 14.8. The number of aromatic amines is 1. The molecule has 0 radical (unpaired) electrons. The average molecular weight is 430 g/mol. The predicted molar refractivity (Wildman–Crippen MR) is 112 cm³/mol. The summed E-state index contributed by atoms with van der Waals surface area (Å²) in [6, 6.07) is 11.1. The summed E-state index contributed by atoms with van der Waals surface area (Å²) in [5, 5.41) is 10.4. The Morgan fingerprint density at radius 1 is 1.03 bits per heavy atom. The van der Waals surface area contributed by atoms with Crippen molar-refractivity contribution in [3.63, 3.8) is 0 Å². The fourth-order valence-corrected chi connectivity index (χ4v) is 4.32. The number of benzene rings is 2. The molecular formula is C23H21F3N2O3. The molecule has 0 unspecified atom stereocenters. The van der Waals surface area contributed by atoms with Gasteiger partial charge in [-0.3, -0.25) is 9.69 Å². The van der Waals surface area contributed by atoms with Crippen molar-refractivity contribution in [2.24, 2.45) is 0 Å². The number of nitrogens with zero attached hydrogens (tertiary/aromatic N) is 1. The van der Waals surface area contributed by atoms with Gasteiger partial charge >= 0.3 is 12.3 Å². The number of H-pyrrole nitrogens is 1. The van der Waals surface area contributed by atoms with E-state index in [4.69, 9.17) is 0 Å². The van der Waals surface area contributed by atoms with Crippen LogP contribution in [0.1, 0.15) is 37.7 Å². The first kappa shape index (κ1) is 21.0. The van der Waals surface area contributed by atoms with Gasteiger partial charge in [-0.1, -0.05) is 43.5 Å². The SMILES string of the molecule is O=C(O)N(c1ccc2cc(-c3ccccc3C(F)(F)F)[nH]c(=O)c2c1)C1CCCCC1. The number of hydrogen-bond acceptors (Lipinski definition) is 2. The Kier molecular flexibility index (Phi) is 5.47. The van der Waals surface area contributed by atoms with E-state index in [0.717, 1.165) is 38.2 Å². The molecule has 0 saturated heterocycles. The van der Waals surface area contributed by atoms with Crippen molar-refractivity contribution in [3.8, 4) is 11.3 Å². The number of nitrogens with one attached hydrogen (secondary N) is 1. The normalized spacial score (nSPS) is 15.2. The second-order valence-corrected chi connectivity index (χ2v) is 7.77. The van der Waals surface area contributed by atoms with Crippen LogP contribution in [0, 0.1) is 0 Å². The number of alkyl halides is 3. The lowest BCUT2D eigenvalue weighted by atomic mass is 9.94.